The highest BCUT2D eigenvalue weighted by atomic mass is 35.5. The first kappa shape index (κ1) is 13.6. The Morgan fingerprint density at radius 2 is 2.05 bits per heavy atom. The van der Waals surface area contributed by atoms with Crippen LogP contribution in [0.15, 0.2) is 48.7 Å². The molecular weight excluding hydrogens is 289 g/mol. The zero-order chi connectivity index (χ0) is 14.8. The molecule has 3 nitrogen and oxygen atoms in total. The Kier molecular flexibility index (Phi) is 3.62. The van der Waals surface area contributed by atoms with Gasteiger partial charge >= 0.3 is 0 Å². The molecule has 5 heteroatoms. The van der Waals surface area contributed by atoms with Gasteiger partial charge in [0, 0.05) is 23.8 Å². The Morgan fingerprint density at radius 1 is 1.19 bits per heavy atom. The molecule has 0 unspecified atom stereocenters. The lowest BCUT2D eigenvalue weighted by molar-refractivity contribution is 0.627. The van der Waals surface area contributed by atoms with E-state index in [1.807, 2.05) is 24.3 Å². The molecule has 0 spiro atoms. The fourth-order valence-corrected chi connectivity index (χ4v) is 2.40. The van der Waals surface area contributed by atoms with Crippen LogP contribution in [-0.4, -0.2) is 4.98 Å². The van der Waals surface area contributed by atoms with E-state index in [1.54, 1.807) is 18.3 Å². The molecule has 0 amide bonds. The van der Waals surface area contributed by atoms with Gasteiger partial charge in [0.2, 0.25) is 0 Å². The Balaban J connectivity index is 1.88. The SMILES string of the molecule is Nc1cccc2c(NCc3ccc(F)c(Cl)c3)ccnc12. The molecule has 0 aliphatic carbocycles. The lowest BCUT2D eigenvalue weighted by Gasteiger charge is -2.10. The van der Waals surface area contributed by atoms with Crippen LogP contribution in [0.4, 0.5) is 15.8 Å². The van der Waals surface area contributed by atoms with Gasteiger partial charge in [-0.3, -0.25) is 4.98 Å². The lowest BCUT2D eigenvalue weighted by Crippen LogP contribution is -2.01. The Labute approximate surface area is 126 Å². The molecule has 0 saturated heterocycles. The van der Waals surface area contributed by atoms with Gasteiger partial charge in [0.1, 0.15) is 5.82 Å². The number of pyridine rings is 1. The van der Waals surface area contributed by atoms with Gasteiger partial charge in [0.15, 0.2) is 0 Å². The summed E-state index contributed by atoms with van der Waals surface area (Å²) in [4.78, 5) is 4.29. The molecule has 1 aromatic heterocycles. The van der Waals surface area contributed by atoms with Crippen LogP contribution in [0.3, 0.4) is 0 Å². The Bertz CT molecular complexity index is 805. The fraction of sp³-hybridized carbons (Fsp3) is 0.0625. The van der Waals surface area contributed by atoms with Crippen LogP contribution >= 0.6 is 11.6 Å². The van der Waals surface area contributed by atoms with E-state index in [4.69, 9.17) is 17.3 Å². The molecule has 3 rings (SSSR count). The van der Waals surface area contributed by atoms with Crippen molar-refractivity contribution in [3.63, 3.8) is 0 Å². The highest BCUT2D eigenvalue weighted by molar-refractivity contribution is 6.30. The molecule has 0 radical (unpaired) electrons. The van der Waals surface area contributed by atoms with Gasteiger partial charge in [0.25, 0.3) is 0 Å². The molecule has 2 aromatic carbocycles. The lowest BCUT2D eigenvalue weighted by atomic mass is 10.1. The fourth-order valence-electron chi connectivity index (χ4n) is 2.20. The standard InChI is InChI=1S/C16H13ClFN3/c17-12-8-10(4-5-13(12)18)9-21-15-6-7-20-16-11(15)2-1-3-14(16)19/h1-8H,9,19H2,(H,20,21). The van der Waals surface area contributed by atoms with Crippen molar-refractivity contribution in [2.75, 3.05) is 11.1 Å². The average Bonchev–Trinajstić information content (AvgIpc) is 2.49. The van der Waals surface area contributed by atoms with Crippen molar-refractivity contribution in [1.29, 1.82) is 0 Å². The second-order valence-electron chi connectivity index (χ2n) is 4.70. The zero-order valence-electron chi connectivity index (χ0n) is 11.1. The van der Waals surface area contributed by atoms with Crippen molar-refractivity contribution in [2.45, 2.75) is 6.54 Å². The van der Waals surface area contributed by atoms with Crippen LogP contribution < -0.4 is 11.1 Å². The summed E-state index contributed by atoms with van der Waals surface area (Å²) in [5.74, 6) is -0.414. The number of para-hydroxylation sites is 1. The third-order valence-electron chi connectivity index (χ3n) is 3.27. The number of nitrogens with one attached hydrogen (secondary N) is 1. The van der Waals surface area contributed by atoms with Crippen molar-refractivity contribution in [3.8, 4) is 0 Å². The topological polar surface area (TPSA) is 50.9 Å². The van der Waals surface area contributed by atoms with E-state index in [1.165, 1.54) is 6.07 Å². The molecule has 21 heavy (non-hydrogen) atoms. The van der Waals surface area contributed by atoms with E-state index in [-0.39, 0.29) is 5.02 Å². The number of nitrogens with two attached hydrogens (primary N) is 1. The highest BCUT2D eigenvalue weighted by Crippen LogP contribution is 2.26. The summed E-state index contributed by atoms with van der Waals surface area (Å²) in [6.07, 6.45) is 1.71. The van der Waals surface area contributed by atoms with Gasteiger partial charge in [-0.2, -0.15) is 0 Å². The van der Waals surface area contributed by atoms with Crippen molar-refractivity contribution in [3.05, 3.63) is 65.1 Å². The van der Waals surface area contributed by atoms with Crippen LogP contribution in [0.25, 0.3) is 10.9 Å². The smallest absolute Gasteiger partial charge is 0.141 e. The van der Waals surface area contributed by atoms with Crippen LogP contribution in [0.1, 0.15) is 5.56 Å². The Morgan fingerprint density at radius 3 is 2.86 bits per heavy atom. The van der Waals surface area contributed by atoms with E-state index in [0.29, 0.717) is 12.2 Å². The summed E-state index contributed by atoms with van der Waals surface area (Å²) >= 11 is 5.78. The molecular formula is C16H13ClFN3. The number of hydrogen-bond donors (Lipinski definition) is 2. The number of nitrogens with zero attached hydrogens (tertiary/aromatic N) is 1. The summed E-state index contributed by atoms with van der Waals surface area (Å²) in [5, 5.41) is 4.37. The van der Waals surface area contributed by atoms with Crippen molar-refractivity contribution >= 4 is 33.9 Å². The molecule has 3 aromatic rings. The summed E-state index contributed by atoms with van der Waals surface area (Å²) < 4.78 is 13.1. The van der Waals surface area contributed by atoms with E-state index in [2.05, 4.69) is 10.3 Å². The first-order chi connectivity index (χ1) is 10.1. The van der Waals surface area contributed by atoms with Crippen LogP contribution in [-0.2, 0) is 6.54 Å². The number of benzene rings is 2. The maximum atomic E-state index is 13.1. The second kappa shape index (κ2) is 5.58. The number of hydrogen-bond acceptors (Lipinski definition) is 3. The molecule has 106 valence electrons. The molecule has 0 aliphatic rings. The summed E-state index contributed by atoms with van der Waals surface area (Å²) in [5.41, 5.74) is 9.15. The predicted molar refractivity (Wildman–Crippen MR) is 84.9 cm³/mol. The minimum Gasteiger partial charge on any atom is -0.397 e. The van der Waals surface area contributed by atoms with Crippen LogP contribution in [0, 0.1) is 5.82 Å². The second-order valence-corrected chi connectivity index (χ2v) is 5.11. The van der Waals surface area contributed by atoms with Crippen molar-refractivity contribution in [1.82, 2.24) is 4.98 Å². The van der Waals surface area contributed by atoms with E-state index in [0.717, 1.165) is 22.2 Å². The zero-order valence-corrected chi connectivity index (χ0v) is 11.9. The maximum Gasteiger partial charge on any atom is 0.141 e. The molecule has 3 N–H and O–H groups in total. The largest absolute Gasteiger partial charge is 0.397 e. The summed E-state index contributed by atoms with van der Waals surface area (Å²) in [6, 6.07) is 12.2. The number of nitrogen functional groups attached to an aromatic ring is 1. The van der Waals surface area contributed by atoms with Gasteiger partial charge < -0.3 is 11.1 Å². The van der Waals surface area contributed by atoms with Crippen molar-refractivity contribution < 1.29 is 4.39 Å². The maximum absolute atomic E-state index is 13.1. The monoisotopic (exact) mass is 301 g/mol. The summed E-state index contributed by atoms with van der Waals surface area (Å²) in [7, 11) is 0. The minimum atomic E-state index is -0.414. The average molecular weight is 302 g/mol. The van der Waals surface area contributed by atoms with Gasteiger partial charge in [-0.05, 0) is 29.8 Å². The highest BCUT2D eigenvalue weighted by Gasteiger charge is 2.05. The molecule has 1 heterocycles. The van der Waals surface area contributed by atoms with Crippen LogP contribution in [0.2, 0.25) is 5.02 Å². The quantitative estimate of drug-likeness (QED) is 0.712. The van der Waals surface area contributed by atoms with Gasteiger partial charge in [-0.1, -0.05) is 29.8 Å². The minimum absolute atomic E-state index is 0.123. The molecule has 0 saturated carbocycles. The van der Waals surface area contributed by atoms with Gasteiger partial charge in [-0.15, -0.1) is 0 Å². The molecule has 0 fully saturated rings. The Hall–Kier alpha value is -2.33. The first-order valence-electron chi connectivity index (χ1n) is 6.46. The number of fused-ring (bicyclic) bond motifs is 1. The normalized spacial score (nSPS) is 10.8. The van der Waals surface area contributed by atoms with E-state index in [9.17, 15) is 4.39 Å². The first-order valence-corrected chi connectivity index (χ1v) is 6.84. The molecule has 0 atom stereocenters. The number of aromatic nitrogens is 1. The third kappa shape index (κ3) is 2.76. The number of rotatable bonds is 3. The van der Waals surface area contributed by atoms with E-state index >= 15 is 0 Å². The van der Waals surface area contributed by atoms with Gasteiger partial charge in [-0.25, -0.2) is 4.39 Å². The van der Waals surface area contributed by atoms with Gasteiger partial charge in [0.05, 0.1) is 16.2 Å². The number of anilines is 2. The number of halogens is 2. The third-order valence-corrected chi connectivity index (χ3v) is 3.56. The van der Waals surface area contributed by atoms with E-state index < -0.39 is 5.82 Å². The molecule has 0 aliphatic heterocycles. The predicted octanol–water partition coefficient (Wildman–Crippen LogP) is 4.22. The summed E-state index contributed by atoms with van der Waals surface area (Å²) in [6.45, 7) is 0.536. The molecule has 0 bridgehead atoms. The van der Waals surface area contributed by atoms with Crippen molar-refractivity contribution in [2.24, 2.45) is 0 Å². The van der Waals surface area contributed by atoms with Crippen LogP contribution in [0.5, 0.6) is 0 Å².